The van der Waals surface area contributed by atoms with Gasteiger partial charge in [0.2, 0.25) is 0 Å². The maximum Gasteiger partial charge on any atom is 0.0986 e. The lowest BCUT2D eigenvalue weighted by atomic mass is 10.2. The molecule has 2 aromatic rings. The van der Waals surface area contributed by atoms with Crippen LogP contribution in [0.4, 0.5) is 0 Å². The molecule has 0 saturated carbocycles. The predicted molar refractivity (Wildman–Crippen MR) is 63.9 cm³/mol. The summed E-state index contributed by atoms with van der Waals surface area (Å²) in [7, 11) is 0. The lowest BCUT2D eigenvalue weighted by molar-refractivity contribution is 1.14. The van der Waals surface area contributed by atoms with Gasteiger partial charge in [0.05, 0.1) is 6.33 Å². The van der Waals surface area contributed by atoms with Crippen LogP contribution in [0.1, 0.15) is 5.56 Å². The van der Waals surface area contributed by atoms with E-state index in [9.17, 15) is 0 Å². The van der Waals surface area contributed by atoms with Gasteiger partial charge in [0.15, 0.2) is 0 Å². The molecule has 0 atom stereocenters. The minimum Gasteiger partial charge on any atom is -0.313 e. The smallest absolute Gasteiger partial charge is 0.0986 e. The number of halogens is 2. The average Bonchev–Trinajstić information content (AvgIpc) is 2.69. The SMILES string of the molecule is Clc1ccc(/C=C\n2ccnc2)c(Cl)c1. The normalized spacial score (nSPS) is 11.1. The molecular weight excluding hydrogens is 231 g/mol. The Morgan fingerprint density at radius 3 is 2.80 bits per heavy atom. The third kappa shape index (κ3) is 2.61. The molecule has 0 bridgehead atoms. The highest BCUT2D eigenvalue weighted by atomic mass is 35.5. The molecule has 76 valence electrons. The summed E-state index contributed by atoms with van der Waals surface area (Å²) in [6.07, 6.45) is 9.05. The van der Waals surface area contributed by atoms with Gasteiger partial charge >= 0.3 is 0 Å². The molecule has 4 heteroatoms. The van der Waals surface area contributed by atoms with Gasteiger partial charge in [-0.15, -0.1) is 0 Å². The first-order valence-corrected chi connectivity index (χ1v) is 5.12. The number of hydrogen-bond acceptors (Lipinski definition) is 1. The summed E-state index contributed by atoms with van der Waals surface area (Å²) in [6.45, 7) is 0. The Kier molecular flexibility index (Phi) is 3.09. The Balaban J connectivity index is 2.24. The van der Waals surface area contributed by atoms with Crippen LogP contribution in [-0.4, -0.2) is 9.55 Å². The molecule has 0 spiro atoms. The predicted octanol–water partition coefficient (Wildman–Crippen LogP) is 3.82. The number of imidazole rings is 1. The maximum atomic E-state index is 6.01. The van der Waals surface area contributed by atoms with E-state index in [4.69, 9.17) is 23.2 Å². The molecule has 0 aliphatic rings. The van der Waals surface area contributed by atoms with E-state index in [1.165, 1.54) is 0 Å². The summed E-state index contributed by atoms with van der Waals surface area (Å²) in [5.74, 6) is 0. The van der Waals surface area contributed by atoms with Crippen molar-refractivity contribution >= 4 is 35.5 Å². The number of benzene rings is 1. The van der Waals surface area contributed by atoms with Gasteiger partial charge in [-0.3, -0.25) is 0 Å². The lowest BCUT2D eigenvalue weighted by Gasteiger charge is -1.98. The van der Waals surface area contributed by atoms with E-state index in [1.54, 1.807) is 24.7 Å². The van der Waals surface area contributed by atoms with Crippen molar-refractivity contribution in [3.05, 3.63) is 52.5 Å². The van der Waals surface area contributed by atoms with Gasteiger partial charge in [-0.05, 0) is 23.8 Å². The second kappa shape index (κ2) is 4.51. The van der Waals surface area contributed by atoms with E-state index >= 15 is 0 Å². The van der Waals surface area contributed by atoms with E-state index < -0.39 is 0 Å². The molecular formula is C11H8Cl2N2. The van der Waals surface area contributed by atoms with Crippen molar-refractivity contribution in [3.8, 4) is 0 Å². The molecule has 0 saturated heterocycles. The lowest BCUT2D eigenvalue weighted by Crippen LogP contribution is -1.80. The Morgan fingerprint density at radius 1 is 1.27 bits per heavy atom. The number of hydrogen-bond donors (Lipinski definition) is 0. The van der Waals surface area contributed by atoms with E-state index in [-0.39, 0.29) is 0 Å². The average molecular weight is 239 g/mol. The van der Waals surface area contributed by atoms with E-state index in [0.29, 0.717) is 10.0 Å². The van der Waals surface area contributed by atoms with Crippen molar-refractivity contribution in [1.82, 2.24) is 9.55 Å². The van der Waals surface area contributed by atoms with Crippen molar-refractivity contribution in [1.29, 1.82) is 0 Å². The monoisotopic (exact) mass is 238 g/mol. The van der Waals surface area contributed by atoms with Crippen molar-refractivity contribution < 1.29 is 0 Å². The van der Waals surface area contributed by atoms with Crippen molar-refractivity contribution in [2.24, 2.45) is 0 Å². The van der Waals surface area contributed by atoms with Gasteiger partial charge in [0.1, 0.15) is 0 Å². The zero-order chi connectivity index (χ0) is 10.7. The van der Waals surface area contributed by atoms with Crippen LogP contribution in [0.25, 0.3) is 12.3 Å². The first kappa shape index (κ1) is 10.3. The molecule has 0 amide bonds. The van der Waals surface area contributed by atoms with Crippen molar-refractivity contribution in [2.45, 2.75) is 0 Å². The van der Waals surface area contributed by atoms with Gasteiger partial charge in [-0.2, -0.15) is 0 Å². The fourth-order valence-corrected chi connectivity index (χ4v) is 1.63. The first-order chi connectivity index (χ1) is 7.25. The van der Waals surface area contributed by atoms with E-state index in [2.05, 4.69) is 4.98 Å². The second-order valence-electron chi connectivity index (χ2n) is 2.99. The molecule has 1 aromatic carbocycles. The molecule has 0 radical (unpaired) electrons. The number of aromatic nitrogens is 2. The van der Waals surface area contributed by atoms with Gasteiger partial charge < -0.3 is 4.57 Å². The quantitative estimate of drug-likeness (QED) is 0.778. The van der Waals surface area contributed by atoms with Crippen LogP contribution in [0.15, 0.2) is 36.9 Å². The van der Waals surface area contributed by atoms with Crippen LogP contribution in [0.2, 0.25) is 10.0 Å². The van der Waals surface area contributed by atoms with Gasteiger partial charge in [0.25, 0.3) is 0 Å². The van der Waals surface area contributed by atoms with Crippen LogP contribution < -0.4 is 0 Å². The summed E-state index contributed by atoms with van der Waals surface area (Å²) < 4.78 is 1.84. The van der Waals surface area contributed by atoms with Crippen LogP contribution in [0.5, 0.6) is 0 Å². The Labute approximate surface area is 97.8 Å². The Hall–Kier alpha value is -1.25. The standard InChI is InChI=1S/C11H8Cl2N2/c12-10-2-1-9(11(13)7-10)3-5-15-6-4-14-8-15/h1-8H/b5-3-. The van der Waals surface area contributed by atoms with Crippen LogP contribution in [-0.2, 0) is 0 Å². The zero-order valence-electron chi connectivity index (χ0n) is 7.77. The number of rotatable bonds is 2. The van der Waals surface area contributed by atoms with E-state index in [1.807, 2.05) is 29.1 Å². The van der Waals surface area contributed by atoms with Gasteiger partial charge in [-0.25, -0.2) is 4.98 Å². The molecule has 0 fully saturated rings. The Bertz CT molecular complexity index is 475. The third-order valence-electron chi connectivity index (χ3n) is 1.91. The third-order valence-corrected chi connectivity index (χ3v) is 2.48. The maximum absolute atomic E-state index is 6.01. The molecule has 2 rings (SSSR count). The molecule has 15 heavy (non-hydrogen) atoms. The van der Waals surface area contributed by atoms with Crippen molar-refractivity contribution in [2.75, 3.05) is 0 Å². The number of nitrogens with zero attached hydrogens (tertiary/aromatic N) is 2. The second-order valence-corrected chi connectivity index (χ2v) is 3.84. The highest BCUT2D eigenvalue weighted by Crippen LogP contribution is 2.22. The zero-order valence-corrected chi connectivity index (χ0v) is 9.28. The Morgan fingerprint density at radius 2 is 2.13 bits per heavy atom. The molecule has 0 aliphatic carbocycles. The molecule has 0 unspecified atom stereocenters. The fourth-order valence-electron chi connectivity index (χ4n) is 1.16. The minimum atomic E-state index is 0.638. The molecule has 0 aliphatic heterocycles. The van der Waals surface area contributed by atoms with Crippen LogP contribution in [0, 0.1) is 0 Å². The minimum absolute atomic E-state index is 0.638. The topological polar surface area (TPSA) is 17.8 Å². The molecule has 0 N–H and O–H groups in total. The summed E-state index contributed by atoms with van der Waals surface area (Å²) in [4.78, 5) is 3.93. The first-order valence-electron chi connectivity index (χ1n) is 4.36. The highest BCUT2D eigenvalue weighted by molar-refractivity contribution is 6.35. The summed E-state index contributed by atoms with van der Waals surface area (Å²) in [6, 6.07) is 5.40. The fraction of sp³-hybridized carbons (Fsp3) is 0. The summed E-state index contributed by atoms with van der Waals surface area (Å²) >= 11 is 11.8. The van der Waals surface area contributed by atoms with Crippen LogP contribution in [0.3, 0.4) is 0 Å². The van der Waals surface area contributed by atoms with E-state index in [0.717, 1.165) is 5.56 Å². The largest absolute Gasteiger partial charge is 0.313 e. The van der Waals surface area contributed by atoms with Crippen LogP contribution >= 0.6 is 23.2 Å². The van der Waals surface area contributed by atoms with Gasteiger partial charge in [0, 0.05) is 28.6 Å². The van der Waals surface area contributed by atoms with Gasteiger partial charge in [-0.1, -0.05) is 29.3 Å². The summed E-state index contributed by atoms with van der Waals surface area (Å²) in [5, 5.41) is 1.28. The molecule has 1 heterocycles. The van der Waals surface area contributed by atoms with Crippen molar-refractivity contribution in [3.63, 3.8) is 0 Å². The molecule has 1 aromatic heterocycles. The highest BCUT2D eigenvalue weighted by Gasteiger charge is 1.96. The molecule has 2 nitrogen and oxygen atoms in total. The summed E-state index contributed by atoms with van der Waals surface area (Å²) in [5.41, 5.74) is 0.926.